The standard InChI is InChI=1S/C18H13Cl2N3O3S/c1-10-16(27-18(22-10)13-4-2-3-5-14(13)19)9-21-17(24)12-7-6-11(23(25)26)8-15(12)20/h2-8H,9H2,1H3,(H,21,24). The molecule has 0 aliphatic rings. The summed E-state index contributed by atoms with van der Waals surface area (Å²) in [5.41, 5.74) is 1.64. The Morgan fingerprint density at radius 3 is 2.63 bits per heavy atom. The van der Waals surface area contributed by atoms with Crippen molar-refractivity contribution in [2.24, 2.45) is 0 Å². The van der Waals surface area contributed by atoms with Gasteiger partial charge in [-0.2, -0.15) is 0 Å². The molecule has 0 atom stereocenters. The predicted molar refractivity (Wildman–Crippen MR) is 107 cm³/mol. The highest BCUT2D eigenvalue weighted by atomic mass is 35.5. The van der Waals surface area contributed by atoms with Crippen LogP contribution in [0.25, 0.3) is 10.6 Å². The van der Waals surface area contributed by atoms with Gasteiger partial charge in [0.2, 0.25) is 0 Å². The smallest absolute Gasteiger partial charge is 0.270 e. The molecular weight excluding hydrogens is 409 g/mol. The van der Waals surface area contributed by atoms with Crippen LogP contribution in [0.3, 0.4) is 0 Å². The van der Waals surface area contributed by atoms with Gasteiger partial charge in [-0.1, -0.05) is 41.4 Å². The summed E-state index contributed by atoms with van der Waals surface area (Å²) in [6.45, 7) is 2.12. The predicted octanol–water partition coefficient (Wildman–Crippen LogP) is 5.26. The summed E-state index contributed by atoms with van der Waals surface area (Å²) in [7, 11) is 0. The van der Waals surface area contributed by atoms with Crippen molar-refractivity contribution in [2.75, 3.05) is 0 Å². The highest BCUT2D eigenvalue weighted by Gasteiger charge is 2.16. The maximum atomic E-state index is 12.4. The van der Waals surface area contributed by atoms with Crippen molar-refractivity contribution in [1.29, 1.82) is 0 Å². The second-order valence-corrected chi connectivity index (χ2v) is 7.51. The molecule has 0 radical (unpaired) electrons. The number of hydrogen-bond donors (Lipinski definition) is 1. The van der Waals surface area contributed by atoms with Crippen molar-refractivity contribution in [3.63, 3.8) is 0 Å². The lowest BCUT2D eigenvalue weighted by Gasteiger charge is -2.06. The summed E-state index contributed by atoms with van der Waals surface area (Å²) in [6.07, 6.45) is 0. The highest BCUT2D eigenvalue weighted by molar-refractivity contribution is 7.15. The zero-order chi connectivity index (χ0) is 19.6. The van der Waals surface area contributed by atoms with E-state index in [-0.39, 0.29) is 22.8 Å². The number of thiazole rings is 1. The van der Waals surface area contributed by atoms with Gasteiger partial charge in [-0.05, 0) is 19.1 Å². The number of rotatable bonds is 5. The van der Waals surface area contributed by atoms with Crippen LogP contribution in [0.2, 0.25) is 10.0 Å². The van der Waals surface area contributed by atoms with Gasteiger partial charge < -0.3 is 5.32 Å². The van der Waals surface area contributed by atoms with Gasteiger partial charge in [0.05, 0.1) is 32.8 Å². The minimum Gasteiger partial charge on any atom is -0.347 e. The van der Waals surface area contributed by atoms with E-state index in [9.17, 15) is 14.9 Å². The monoisotopic (exact) mass is 421 g/mol. The van der Waals surface area contributed by atoms with Crippen LogP contribution in [0.4, 0.5) is 5.69 Å². The number of carbonyl (C=O) groups is 1. The minimum absolute atomic E-state index is 0.0273. The molecule has 3 aromatic rings. The number of aromatic nitrogens is 1. The highest BCUT2D eigenvalue weighted by Crippen LogP contribution is 2.32. The second kappa shape index (κ2) is 8.04. The van der Waals surface area contributed by atoms with E-state index in [1.54, 1.807) is 6.07 Å². The number of nitro benzene ring substituents is 1. The number of carbonyl (C=O) groups excluding carboxylic acids is 1. The van der Waals surface area contributed by atoms with Crippen LogP contribution in [0.5, 0.6) is 0 Å². The molecule has 0 saturated carbocycles. The van der Waals surface area contributed by atoms with E-state index in [2.05, 4.69) is 10.3 Å². The molecule has 0 fully saturated rings. The number of amides is 1. The van der Waals surface area contributed by atoms with E-state index in [0.29, 0.717) is 5.02 Å². The van der Waals surface area contributed by atoms with Gasteiger partial charge in [-0.15, -0.1) is 11.3 Å². The van der Waals surface area contributed by atoms with Crippen LogP contribution < -0.4 is 5.32 Å². The van der Waals surface area contributed by atoms with E-state index in [1.165, 1.54) is 23.5 Å². The summed E-state index contributed by atoms with van der Waals surface area (Å²) < 4.78 is 0. The van der Waals surface area contributed by atoms with E-state index in [0.717, 1.165) is 27.2 Å². The number of nitro groups is 1. The summed E-state index contributed by atoms with van der Waals surface area (Å²) in [6, 6.07) is 11.2. The average molecular weight is 422 g/mol. The van der Waals surface area contributed by atoms with Crippen LogP contribution in [0.15, 0.2) is 42.5 Å². The lowest BCUT2D eigenvalue weighted by atomic mass is 10.2. The molecule has 1 N–H and O–H groups in total. The molecule has 0 bridgehead atoms. The first kappa shape index (κ1) is 19.3. The van der Waals surface area contributed by atoms with Gasteiger partial charge in [0.25, 0.3) is 11.6 Å². The molecule has 0 spiro atoms. The molecule has 138 valence electrons. The Bertz CT molecular complexity index is 1040. The molecule has 0 unspecified atom stereocenters. The maximum Gasteiger partial charge on any atom is 0.270 e. The van der Waals surface area contributed by atoms with E-state index in [4.69, 9.17) is 23.2 Å². The normalized spacial score (nSPS) is 10.6. The largest absolute Gasteiger partial charge is 0.347 e. The second-order valence-electron chi connectivity index (χ2n) is 5.61. The van der Waals surface area contributed by atoms with Crippen LogP contribution in [-0.2, 0) is 6.54 Å². The Hall–Kier alpha value is -2.48. The summed E-state index contributed by atoms with van der Waals surface area (Å²) >= 11 is 13.6. The van der Waals surface area contributed by atoms with Crippen LogP contribution >= 0.6 is 34.5 Å². The number of benzene rings is 2. The Morgan fingerprint density at radius 2 is 1.96 bits per heavy atom. The Labute approximate surface area is 168 Å². The van der Waals surface area contributed by atoms with E-state index >= 15 is 0 Å². The first-order chi connectivity index (χ1) is 12.9. The van der Waals surface area contributed by atoms with Gasteiger partial charge >= 0.3 is 0 Å². The molecule has 6 nitrogen and oxygen atoms in total. The van der Waals surface area contributed by atoms with E-state index in [1.807, 2.05) is 25.1 Å². The molecule has 1 aromatic heterocycles. The lowest BCUT2D eigenvalue weighted by molar-refractivity contribution is -0.384. The van der Waals surface area contributed by atoms with Gasteiger partial charge in [0.1, 0.15) is 5.01 Å². The molecule has 0 aliphatic carbocycles. The maximum absolute atomic E-state index is 12.4. The number of non-ortho nitro benzene ring substituents is 1. The molecule has 3 rings (SSSR count). The third kappa shape index (κ3) is 4.27. The van der Waals surface area contributed by atoms with Gasteiger partial charge in [0.15, 0.2) is 0 Å². The van der Waals surface area contributed by atoms with E-state index < -0.39 is 10.8 Å². The number of aryl methyl sites for hydroxylation is 1. The third-order valence-electron chi connectivity index (χ3n) is 3.81. The van der Waals surface area contributed by atoms with Crippen LogP contribution in [0, 0.1) is 17.0 Å². The molecule has 0 saturated heterocycles. The van der Waals surface area contributed by atoms with Gasteiger partial charge in [-0.25, -0.2) is 4.98 Å². The number of hydrogen-bond acceptors (Lipinski definition) is 5. The molecule has 1 heterocycles. The van der Waals surface area contributed by atoms with Crippen molar-refractivity contribution >= 4 is 46.1 Å². The van der Waals surface area contributed by atoms with Gasteiger partial charge in [0, 0.05) is 22.6 Å². The minimum atomic E-state index is -0.565. The Kier molecular flexibility index (Phi) is 5.74. The fraction of sp³-hybridized carbons (Fsp3) is 0.111. The molecule has 1 amide bonds. The average Bonchev–Trinajstić information content (AvgIpc) is 3.00. The fourth-order valence-corrected chi connectivity index (χ4v) is 3.98. The van der Waals surface area contributed by atoms with Crippen molar-refractivity contribution in [3.8, 4) is 10.6 Å². The van der Waals surface area contributed by atoms with Crippen LogP contribution in [-0.4, -0.2) is 15.8 Å². The van der Waals surface area contributed by atoms with Crippen molar-refractivity contribution < 1.29 is 9.72 Å². The van der Waals surface area contributed by atoms with Crippen molar-refractivity contribution in [3.05, 3.63) is 78.8 Å². The number of nitrogens with zero attached hydrogens (tertiary/aromatic N) is 2. The summed E-state index contributed by atoms with van der Waals surface area (Å²) in [5, 5.41) is 14.9. The zero-order valence-electron chi connectivity index (χ0n) is 14.0. The molecule has 9 heteroatoms. The zero-order valence-corrected chi connectivity index (χ0v) is 16.4. The SMILES string of the molecule is Cc1nc(-c2ccccc2Cl)sc1CNC(=O)c1ccc([N+](=O)[O-])cc1Cl. The quantitative estimate of drug-likeness (QED) is 0.449. The first-order valence-electron chi connectivity index (χ1n) is 7.80. The lowest BCUT2D eigenvalue weighted by Crippen LogP contribution is -2.23. The topological polar surface area (TPSA) is 85.1 Å². The Morgan fingerprint density at radius 1 is 1.22 bits per heavy atom. The summed E-state index contributed by atoms with van der Waals surface area (Å²) in [5.74, 6) is -0.415. The number of nitrogens with one attached hydrogen (secondary N) is 1. The molecule has 0 aliphatic heterocycles. The van der Waals surface area contributed by atoms with Crippen molar-refractivity contribution in [1.82, 2.24) is 10.3 Å². The van der Waals surface area contributed by atoms with Crippen LogP contribution in [0.1, 0.15) is 20.9 Å². The Balaban J connectivity index is 1.75. The molecule has 27 heavy (non-hydrogen) atoms. The fourth-order valence-electron chi connectivity index (χ4n) is 2.40. The molecule has 2 aromatic carbocycles. The first-order valence-corrected chi connectivity index (χ1v) is 9.37. The molecular formula is C18H13Cl2N3O3S. The number of halogens is 2. The van der Waals surface area contributed by atoms with Gasteiger partial charge in [-0.3, -0.25) is 14.9 Å². The van der Waals surface area contributed by atoms with Crippen molar-refractivity contribution in [2.45, 2.75) is 13.5 Å². The summed E-state index contributed by atoms with van der Waals surface area (Å²) in [4.78, 5) is 28.0. The third-order valence-corrected chi connectivity index (χ3v) is 5.65.